The van der Waals surface area contributed by atoms with Gasteiger partial charge in [0, 0.05) is 6.07 Å². The maximum atomic E-state index is 5.75. The number of nitrogens with zero attached hydrogens (tertiary/aromatic N) is 1. The van der Waals surface area contributed by atoms with E-state index in [2.05, 4.69) is 18.1 Å². The third-order valence-electron chi connectivity index (χ3n) is 2.68. The largest absolute Gasteiger partial charge is 0.485 e. The van der Waals surface area contributed by atoms with Crippen molar-refractivity contribution in [2.24, 2.45) is 5.73 Å². The van der Waals surface area contributed by atoms with E-state index in [0.717, 1.165) is 29.2 Å². The molecule has 0 saturated heterocycles. The van der Waals surface area contributed by atoms with Crippen LogP contribution in [0.15, 0.2) is 28.8 Å². The van der Waals surface area contributed by atoms with Crippen LogP contribution in [0.4, 0.5) is 0 Å². The molecular weight excluding hydrogens is 228 g/mol. The van der Waals surface area contributed by atoms with Crippen molar-refractivity contribution in [3.8, 4) is 5.75 Å². The van der Waals surface area contributed by atoms with Crippen LogP contribution in [0.2, 0.25) is 0 Å². The Kier molecular flexibility index (Phi) is 3.99. The molecule has 0 unspecified atom stereocenters. The van der Waals surface area contributed by atoms with Gasteiger partial charge in [-0.2, -0.15) is 0 Å². The molecular formula is C14H18N2O2. The van der Waals surface area contributed by atoms with E-state index >= 15 is 0 Å². The SMILES string of the molecule is Cc1ccc(OCc2cc(C)no2)c(CCN)c1. The third kappa shape index (κ3) is 3.11. The highest BCUT2D eigenvalue weighted by Gasteiger charge is 2.06. The molecule has 2 N–H and O–H groups in total. The predicted octanol–water partition coefficient (Wildman–Crippen LogP) is 2.37. The first-order valence-electron chi connectivity index (χ1n) is 6.03. The minimum absolute atomic E-state index is 0.390. The second kappa shape index (κ2) is 5.69. The Morgan fingerprint density at radius 1 is 1.28 bits per heavy atom. The van der Waals surface area contributed by atoms with Gasteiger partial charge in [-0.05, 0) is 38.4 Å². The summed E-state index contributed by atoms with van der Waals surface area (Å²) in [6.07, 6.45) is 0.812. The van der Waals surface area contributed by atoms with Gasteiger partial charge < -0.3 is 15.0 Å². The Morgan fingerprint density at radius 2 is 2.11 bits per heavy atom. The van der Waals surface area contributed by atoms with Crippen molar-refractivity contribution in [1.29, 1.82) is 0 Å². The van der Waals surface area contributed by atoms with Gasteiger partial charge >= 0.3 is 0 Å². The summed E-state index contributed by atoms with van der Waals surface area (Å²) in [4.78, 5) is 0. The highest BCUT2D eigenvalue weighted by Crippen LogP contribution is 2.21. The van der Waals surface area contributed by atoms with Crippen LogP contribution in [0.3, 0.4) is 0 Å². The molecule has 2 aromatic rings. The average Bonchev–Trinajstić information content (AvgIpc) is 2.75. The van der Waals surface area contributed by atoms with Gasteiger partial charge in [0.05, 0.1) is 5.69 Å². The number of hydrogen-bond acceptors (Lipinski definition) is 4. The number of rotatable bonds is 5. The Bertz CT molecular complexity index is 520. The average molecular weight is 246 g/mol. The van der Waals surface area contributed by atoms with Crippen molar-refractivity contribution in [3.63, 3.8) is 0 Å². The van der Waals surface area contributed by atoms with E-state index in [4.69, 9.17) is 15.0 Å². The van der Waals surface area contributed by atoms with Crippen molar-refractivity contribution >= 4 is 0 Å². The molecule has 1 heterocycles. The van der Waals surface area contributed by atoms with Gasteiger partial charge in [0.25, 0.3) is 0 Å². The molecule has 4 heteroatoms. The minimum Gasteiger partial charge on any atom is -0.485 e. The maximum Gasteiger partial charge on any atom is 0.174 e. The van der Waals surface area contributed by atoms with Crippen molar-refractivity contribution < 1.29 is 9.26 Å². The summed E-state index contributed by atoms with van der Waals surface area (Å²) < 4.78 is 10.9. The Morgan fingerprint density at radius 3 is 2.78 bits per heavy atom. The maximum absolute atomic E-state index is 5.75. The monoisotopic (exact) mass is 246 g/mol. The van der Waals surface area contributed by atoms with Crippen molar-refractivity contribution in [2.75, 3.05) is 6.54 Å². The first-order chi connectivity index (χ1) is 8.69. The molecule has 0 aliphatic heterocycles. The van der Waals surface area contributed by atoms with Crippen LogP contribution in [0.25, 0.3) is 0 Å². The van der Waals surface area contributed by atoms with Gasteiger partial charge in [-0.3, -0.25) is 0 Å². The summed E-state index contributed by atoms with van der Waals surface area (Å²) in [5.41, 5.74) is 8.81. The van der Waals surface area contributed by atoms with E-state index < -0.39 is 0 Å². The zero-order valence-corrected chi connectivity index (χ0v) is 10.8. The van der Waals surface area contributed by atoms with Crippen LogP contribution < -0.4 is 10.5 Å². The molecule has 0 spiro atoms. The van der Waals surface area contributed by atoms with Crippen LogP contribution in [0, 0.1) is 13.8 Å². The normalized spacial score (nSPS) is 10.6. The minimum atomic E-state index is 0.390. The lowest BCUT2D eigenvalue weighted by molar-refractivity contribution is 0.247. The zero-order chi connectivity index (χ0) is 13.0. The number of aryl methyl sites for hydroxylation is 2. The summed E-state index contributed by atoms with van der Waals surface area (Å²) >= 11 is 0. The molecule has 4 nitrogen and oxygen atoms in total. The van der Waals surface area contributed by atoms with Gasteiger partial charge in [-0.15, -0.1) is 0 Å². The Balaban J connectivity index is 2.08. The molecule has 96 valence electrons. The Hall–Kier alpha value is -1.81. The first kappa shape index (κ1) is 12.6. The van der Waals surface area contributed by atoms with Crippen LogP contribution in [-0.2, 0) is 13.0 Å². The highest BCUT2D eigenvalue weighted by atomic mass is 16.5. The molecule has 0 atom stereocenters. The fraction of sp³-hybridized carbons (Fsp3) is 0.357. The van der Waals surface area contributed by atoms with E-state index in [9.17, 15) is 0 Å². The van der Waals surface area contributed by atoms with Gasteiger partial charge in [0.1, 0.15) is 12.4 Å². The Labute approximate surface area is 107 Å². The number of benzene rings is 1. The van der Waals surface area contributed by atoms with Crippen molar-refractivity contribution in [1.82, 2.24) is 5.16 Å². The fourth-order valence-electron chi connectivity index (χ4n) is 1.83. The summed E-state index contributed by atoms with van der Waals surface area (Å²) in [5.74, 6) is 1.59. The van der Waals surface area contributed by atoms with Gasteiger partial charge in [0.15, 0.2) is 5.76 Å². The highest BCUT2D eigenvalue weighted by molar-refractivity contribution is 5.37. The van der Waals surface area contributed by atoms with Crippen LogP contribution in [-0.4, -0.2) is 11.7 Å². The second-order valence-corrected chi connectivity index (χ2v) is 4.37. The van der Waals surface area contributed by atoms with Crippen LogP contribution in [0.5, 0.6) is 5.75 Å². The molecule has 0 amide bonds. The van der Waals surface area contributed by atoms with E-state index in [1.165, 1.54) is 5.56 Å². The van der Waals surface area contributed by atoms with E-state index in [1.54, 1.807) is 0 Å². The lowest BCUT2D eigenvalue weighted by Gasteiger charge is -2.10. The number of ether oxygens (including phenoxy) is 1. The molecule has 2 rings (SSSR count). The van der Waals surface area contributed by atoms with Gasteiger partial charge in [-0.25, -0.2) is 0 Å². The molecule has 0 aliphatic carbocycles. The molecule has 1 aromatic carbocycles. The molecule has 18 heavy (non-hydrogen) atoms. The topological polar surface area (TPSA) is 61.3 Å². The molecule has 0 fully saturated rings. The summed E-state index contributed by atoms with van der Waals surface area (Å²) in [6.45, 7) is 4.95. The quantitative estimate of drug-likeness (QED) is 0.879. The van der Waals surface area contributed by atoms with Gasteiger partial charge in [-0.1, -0.05) is 22.9 Å². The van der Waals surface area contributed by atoms with Crippen molar-refractivity contribution in [2.45, 2.75) is 26.9 Å². The second-order valence-electron chi connectivity index (χ2n) is 4.37. The molecule has 0 aliphatic rings. The van der Waals surface area contributed by atoms with E-state index in [-0.39, 0.29) is 0 Å². The van der Waals surface area contributed by atoms with Crippen molar-refractivity contribution in [3.05, 3.63) is 46.8 Å². The van der Waals surface area contributed by atoms with Crippen LogP contribution >= 0.6 is 0 Å². The molecule has 0 saturated carbocycles. The summed E-state index contributed by atoms with van der Waals surface area (Å²) in [6, 6.07) is 7.98. The zero-order valence-electron chi connectivity index (χ0n) is 10.8. The smallest absolute Gasteiger partial charge is 0.174 e. The molecule has 0 bridgehead atoms. The molecule has 0 radical (unpaired) electrons. The van der Waals surface area contributed by atoms with Gasteiger partial charge in [0.2, 0.25) is 0 Å². The molecule has 1 aromatic heterocycles. The number of aromatic nitrogens is 1. The lowest BCUT2D eigenvalue weighted by atomic mass is 10.1. The van der Waals surface area contributed by atoms with E-state index in [1.807, 2.05) is 25.1 Å². The van der Waals surface area contributed by atoms with Crippen LogP contribution in [0.1, 0.15) is 22.6 Å². The number of hydrogen-bond donors (Lipinski definition) is 1. The summed E-state index contributed by atoms with van der Waals surface area (Å²) in [5, 5.41) is 3.83. The lowest BCUT2D eigenvalue weighted by Crippen LogP contribution is -2.05. The predicted molar refractivity (Wildman–Crippen MR) is 69.5 cm³/mol. The fourth-order valence-corrected chi connectivity index (χ4v) is 1.83. The first-order valence-corrected chi connectivity index (χ1v) is 6.03. The van der Waals surface area contributed by atoms with E-state index in [0.29, 0.717) is 13.2 Å². The summed E-state index contributed by atoms with van der Waals surface area (Å²) in [7, 11) is 0. The standard InChI is InChI=1S/C14H18N2O2/c1-10-3-4-14(12(7-10)5-6-15)17-9-13-8-11(2)16-18-13/h3-4,7-8H,5-6,9,15H2,1-2H3. The third-order valence-corrected chi connectivity index (χ3v) is 2.68. The number of nitrogens with two attached hydrogens (primary N) is 1.